The van der Waals surface area contributed by atoms with E-state index in [0.29, 0.717) is 31.9 Å². The summed E-state index contributed by atoms with van der Waals surface area (Å²) in [5.41, 5.74) is 0. The second-order valence-electron chi connectivity index (χ2n) is 4.20. The molecule has 1 aliphatic heterocycles. The van der Waals surface area contributed by atoms with Gasteiger partial charge in [-0.1, -0.05) is 5.92 Å². The van der Waals surface area contributed by atoms with E-state index >= 15 is 0 Å². The van der Waals surface area contributed by atoms with Crippen molar-refractivity contribution >= 4 is 5.96 Å². The molecule has 94 valence electrons. The quantitative estimate of drug-likeness (QED) is 0.395. The molecule has 1 fully saturated rings. The lowest BCUT2D eigenvalue weighted by Gasteiger charge is -2.42. The van der Waals surface area contributed by atoms with Crippen molar-refractivity contribution in [3.63, 3.8) is 0 Å². The molecule has 0 spiro atoms. The highest BCUT2D eigenvalue weighted by Gasteiger charge is 2.29. The van der Waals surface area contributed by atoms with Crippen molar-refractivity contribution < 1.29 is 5.03 Å². The molecule has 0 radical (unpaired) electrons. The van der Waals surface area contributed by atoms with Crippen LogP contribution in [0.1, 0.15) is 13.8 Å². The van der Waals surface area contributed by atoms with Crippen LogP contribution in [-0.2, 0) is 0 Å². The van der Waals surface area contributed by atoms with E-state index in [1.54, 1.807) is 16.8 Å². The highest BCUT2D eigenvalue weighted by molar-refractivity contribution is 5.80. The van der Waals surface area contributed by atoms with Gasteiger partial charge in [0.15, 0.2) is 5.03 Å². The lowest BCUT2D eigenvalue weighted by Crippen LogP contribution is -2.59. The van der Waals surface area contributed by atoms with Crippen LogP contribution in [0.4, 0.5) is 0 Å². The molecule has 0 atom stereocenters. The Labute approximate surface area is 101 Å². The van der Waals surface area contributed by atoms with Crippen LogP contribution in [0.15, 0.2) is 5.10 Å². The maximum absolute atomic E-state index is 10.5. The standard InChI is InChI=1S/C10H17N5O2/c1-5-6-13-8-14(9(2)3)7-12(4)10(13)11-15(16)17/h1,9H,6-8H2,2-4H3. The molecule has 7 heteroatoms. The zero-order valence-corrected chi connectivity index (χ0v) is 10.3. The summed E-state index contributed by atoms with van der Waals surface area (Å²) in [5, 5.41) is 13.2. The van der Waals surface area contributed by atoms with Gasteiger partial charge in [-0.3, -0.25) is 4.90 Å². The van der Waals surface area contributed by atoms with E-state index in [9.17, 15) is 10.1 Å². The molecule has 0 aromatic carbocycles. The predicted molar refractivity (Wildman–Crippen MR) is 64.4 cm³/mol. The zero-order chi connectivity index (χ0) is 13.0. The molecule has 1 saturated heterocycles. The minimum Gasteiger partial charge on any atom is -0.328 e. The van der Waals surface area contributed by atoms with Crippen LogP contribution in [0.2, 0.25) is 0 Å². The molecule has 0 amide bonds. The lowest BCUT2D eigenvalue weighted by atomic mass is 10.3. The van der Waals surface area contributed by atoms with Crippen LogP contribution < -0.4 is 0 Å². The van der Waals surface area contributed by atoms with Gasteiger partial charge in [0.25, 0.3) is 5.96 Å². The normalized spacial score (nSPS) is 19.8. The fraction of sp³-hybridized carbons (Fsp3) is 0.700. The zero-order valence-electron chi connectivity index (χ0n) is 10.3. The fourth-order valence-corrected chi connectivity index (χ4v) is 1.67. The second kappa shape index (κ2) is 5.50. The van der Waals surface area contributed by atoms with Gasteiger partial charge in [-0.2, -0.15) is 0 Å². The summed E-state index contributed by atoms with van der Waals surface area (Å²) in [4.78, 5) is 16.1. The Morgan fingerprint density at radius 1 is 1.59 bits per heavy atom. The molecule has 17 heavy (non-hydrogen) atoms. The van der Waals surface area contributed by atoms with Gasteiger partial charge in [0.2, 0.25) is 0 Å². The molecule has 0 unspecified atom stereocenters. The second-order valence-corrected chi connectivity index (χ2v) is 4.20. The molecule has 0 bridgehead atoms. The van der Waals surface area contributed by atoms with E-state index in [4.69, 9.17) is 6.42 Å². The van der Waals surface area contributed by atoms with E-state index in [1.807, 2.05) is 0 Å². The summed E-state index contributed by atoms with van der Waals surface area (Å²) in [6.45, 7) is 5.60. The van der Waals surface area contributed by atoms with Crippen LogP contribution in [-0.4, -0.2) is 58.7 Å². The van der Waals surface area contributed by atoms with Gasteiger partial charge in [-0.05, 0) is 13.8 Å². The number of rotatable bonds is 3. The summed E-state index contributed by atoms with van der Waals surface area (Å²) in [6.07, 6.45) is 5.27. The molecule has 7 nitrogen and oxygen atoms in total. The third-order valence-corrected chi connectivity index (χ3v) is 2.55. The van der Waals surface area contributed by atoms with Crippen LogP contribution in [0.25, 0.3) is 0 Å². The lowest BCUT2D eigenvalue weighted by molar-refractivity contribution is -0.486. The van der Waals surface area contributed by atoms with Crippen molar-refractivity contribution in [1.82, 2.24) is 14.7 Å². The van der Waals surface area contributed by atoms with Crippen molar-refractivity contribution in [2.45, 2.75) is 19.9 Å². The first-order valence-electron chi connectivity index (χ1n) is 5.32. The third kappa shape index (κ3) is 3.32. The maximum atomic E-state index is 10.5. The van der Waals surface area contributed by atoms with Crippen LogP contribution >= 0.6 is 0 Å². The number of hydrogen-bond donors (Lipinski definition) is 0. The number of hydrazone groups is 1. The average molecular weight is 239 g/mol. The summed E-state index contributed by atoms with van der Waals surface area (Å²) in [5.74, 6) is 2.80. The average Bonchev–Trinajstić information content (AvgIpc) is 2.22. The number of hydrogen-bond acceptors (Lipinski definition) is 3. The van der Waals surface area contributed by atoms with Crippen molar-refractivity contribution in [1.29, 1.82) is 0 Å². The molecule has 1 aliphatic rings. The maximum Gasteiger partial charge on any atom is 0.276 e. The van der Waals surface area contributed by atoms with Crippen LogP contribution in [0, 0.1) is 22.5 Å². The van der Waals surface area contributed by atoms with E-state index in [2.05, 4.69) is 29.8 Å². The SMILES string of the molecule is C#CCN1CN(C(C)C)CN(C)C1=N[N+](=O)[O-]. The summed E-state index contributed by atoms with van der Waals surface area (Å²) in [6, 6.07) is 0.342. The summed E-state index contributed by atoms with van der Waals surface area (Å²) in [7, 11) is 1.76. The number of nitrogens with zero attached hydrogens (tertiary/aromatic N) is 5. The van der Waals surface area contributed by atoms with E-state index in [1.165, 1.54) is 0 Å². The Morgan fingerprint density at radius 3 is 2.71 bits per heavy atom. The smallest absolute Gasteiger partial charge is 0.276 e. The molecular weight excluding hydrogens is 222 g/mol. The Kier molecular flexibility index (Phi) is 4.29. The molecule has 1 heterocycles. The minimum atomic E-state index is -0.694. The Bertz CT molecular complexity index is 360. The molecule has 0 aliphatic carbocycles. The first kappa shape index (κ1) is 13.3. The van der Waals surface area contributed by atoms with Gasteiger partial charge in [-0.15, -0.1) is 6.42 Å². The van der Waals surface area contributed by atoms with E-state index in [0.717, 1.165) is 0 Å². The topological polar surface area (TPSA) is 65.2 Å². The predicted octanol–water partition coefficient (Wildman–Crippen LogP) is 0.0401. The number of terminal acetylenes is 1. The number of guanidine groups is 1. The Hall–Kier alpha value is -1.81. The highest BCUT2D eigenvalue weighted by Crippen LogP contribution is 2.11. The van der Waals surface area contributed by atoms with Gasteiger partial charge < -0.3 is 9.80 Å². The van der Waals surface area contributed by atoms with Crippen molar-refractivity contribution in [3.8, 4) is 12.3 Å². The Balaban J connectivity index is 2.91. The third-order valence-electron chi connectivity index (χ3n) is 2.55. The van der Waals surface area contributed by atoms with Gasteiger partial charge in [-0.25, -0.2) is 10.1 Å². The first-order valence-corrected chi connectivity index (χ1v) is 5.32. The molecule has 0 aromatic heterocycles. The highest BCUT2D eigenvalue weighted by atomic mass is 16.7. The van der Waals surface area contributed by atoms with Gasteiger partial charge in [0, 0.05) is 13.1 Å². The Morgan fingerprint density at radius 2 is 2.24 bits per heavy atom. The van der Waals surface area contributed by atoms with Crippen molar-refractivity contribution in [2.24, 2.45) is 5.10 Å². The summed E-state index contributed by atoms with van der Waals surface area (Å²) >= 11 is 0. The largest absolute Gasteiger partial charge is 0.328 e. The van der Waals surface area contributed by atoms with Crippen LogP contribution in [0.3, 0.4) is 0 Å². The fourth-order valence-electron chi connectivity index (χ4n) is 1.67. The van der Waals surface area contributed by atoms with Gasteiger partial charge in [0.1, 0.15) is 5.10 Å². The molecule has 1 rings (SSSR count). The van der Waals surface area contributed by atoms with E-state index in [-0.39, 0.29) is 0 Å². The number of nitro groups is 1. The minimum absolute atomic E-state index is 0.306. The van der Waals surface area contributed by atoms with Crippen molar-refractivity contribution in [2.75, 3.05) is 26.9 Å². The molecular formula is C10H17N5O2. The van der Waals surface area contributed by atoms with Gasteiger partial charge >= 0.3 is 0 Å². The molecule has 0 saturated carbocycles. The van der Waals surface area contributed by atoms with E-state index < -0.39 is 5.03 Å². The first-order chi connectivity index (χ1) is 7.95. The molecule has 0 N–H and O–H groups in total. The van der Waals surface area contributed by atoms with Gasteiger partial charge in [0.05, 0.1) is 19.9 Å². The summed E-state index contributed by atoms with van der Waals surface area (Å²) < 4.78 is 0. The van der Waals surface area contributed by atoms with Crippen molar-refractivity contribution in [3.05, 3.63) is 10.1 Å². The molecule has 0 aromatic rings. The van der Waals surface area contributed by atoms with Crippen LogP contribution in [0.5, 0.6) is 0 Å². The monoisotopic (exact) mass is 239 g/mol.